The Hall–Kier alpha value is -2.44. The fraction of sp³-hybridized carbons (Fsp3) is 0.333. The number of hydrogen-bond acceptors (Lipinski definition) is 4. The average Bonchev–Trinajstić information content (AvgIpc) is 2.61. The molecule has 1 aromatic rings. The molecule has 0 aliphatic heterocycles. The van der Waals surface area contributed by atoms with Gasteiger partial charge in [-0.15, -0.1) is 0 Å². The number of allylic oxidation sites excluding steroid dienone is 2. The summed E-state index contributed by atoms with van der Waals surface area (Å²) in [5, 5.41) is 20.2. The van der Waals surface area contributed by atoms with Crippen molar-refractivity contribution in [1.29, 1.82) is 0 Å². The summed E-state index contributed by atoms with van der Waals surface area (Å²) >= 11 is 0. The molecule has 0 bridgehead atoms. The number of carbonyl (C=O) groups is 2. The summed E-state index contributed by atoms with van der Waals surface area (Å²) < 4.78 is 0. The molecular formula is C18H24N2O4. The second-order valence-electron chi connectivity index (χ2n) is 5.26. The molecule has 1 aromatic carbocycles. The second kappa shape index (κ2) is 12.0. The monoisotopic (exact) mass is 332 g/mol. The fourth-order valence-electron chi connectivity index (χ4n) is 2.02. The van der Waals surface area contributed by atoms with Crippen LogP contribution < -0.4 is 10.8 Å². The molecule has 0 aliphatic carbocycles. The van der Waals surface area contributed by atoms with Crippen LogP contribution in [-0.2, 0) is 16.2 Å². The minimum atomic E-state index is -0.390. The lowest BCUT2D eigenvalue weighted by Crippen LogP contribution is -2.22. The number of benzene rings is 1. The van der Waals surface area contributed by atoms with Crippen LogP contribution in [0.2, 0.25) is 0 Å². The third-order valence-electron chi connectivity index (χ3n) is 3.29. The van der Waals surface area contributed by atoms with Gasteiger partial charge < -0.3 is 10.4 Å². The van der Waals surface area contributed by atoms with Crippen LogP contribution in [0.25, 0.3) is 6.08 Å². The Labute approximate surface area is 141 Å². The molecule has 0 saturated carbocycles. The molecule has 1 rings (SSSR count). The van der Waals surface area contributed by atoms with E-state index in [1.165, 1.54) is 6.08 Å². The highest BCUT2D eigenvalue weighted by molar-refractivity contribution is 5.87. The van der Waals surface area contributed by atoms with Gasteiger partial charge in [0.15, 0.2) is 0 Å². The van der Waals surface area contributed by atoms with E-state index in [0.29, 0.717) is 13.0 Å². The number of amides is 2. The maximum atomic E-state index is 11.6. The molecule has 0 aromatic heterocycles. The van der Waals surface area contributed by atoms with E-state index >= 15 is 0 Å². The van der Waals surface area contributed by atoms with E-state index in [0.717, 1.165) is 24.0 Å². The zero-order valence-corrected chi connectivity index (χ0v) is 13.6. The van der Waals surface area contributed by atoms with Crippen molar-refractivity contribution in [2.75, 3.05) is 6.54 Å². The lowest BCUT2D eigenvalue weighted by atomic mass is 10.1. The van der Waals surface area contributed by atoms with Crippen molar-refractivity contribution >= 4 is 17.9 Å². The van der Waals surface area contributed by atoms with Gasteiger partial charge in [-0.1, -0.05) is 42.8 Å². The predicted octanol–water partition coefficient (Wildman–Crippen LogP) is 1.93. The van der Waals surface area contributed by atoms with Gasteiger partial charge in [-0.2, -0.15) is 0 Å². The first-order chi connectivity index (χ1) is 11.7. The smallest absolute Gasteiger partial charge is 0.243 e. The molecule has 6 heteroatoms. The van der Waals surface area contributed by atoms with Gasteiger partial charge in [0.1, 0.15) is 0 Å². The maximum absolute atomic E-state index is 11.6. The molecule has 130 valence electrons. The number of hydroxylamine groups is 1. The first-order valence-electron chi connectivity index (χ1n) is 7.91. The molecule has 0 spiro atoms. The van der Waals surface area contributed by atoms with Crippen molar-refractivity contribution in [1.82, 2.24) is 10.8 Å². The standard InChI is InChI=1S/C18H24N2O4/c21-14-16-9-6-8-15(13-16)7-3-4-10-17(22)19-12-5-1-2-11-18(23)20-24/h3-4,6-10,13,21,24H,1-2,5,11-12,14H2,(H,19,22)(H,20,23). The number of rotatable bonds is 10. The summed E-state index contributed by atoms with van der Waals surface area (Å²) in [6.45, 7) is 0.552. The van der Waals surface area contributed by atoms with E-state index in [1.54, 1.807) is 17.6 Å². The Morgan fingerprint density at radius 2 is 1.96 bits per heavy atom. The van der Waals surface area contributed by atoms with Crippen molar-refractivity contribution in [3.05, 3.63) is 53.6 Å². The van der Waals surface area contributed by atoms with Crippen LogP contribution in [0.4, 0.5) is 0 Å². The van der Waals surface area contributed by atoms with Crippen LogP contribution in [0, 0.1) is 0 Å². The Balaban J connectivity index is 2.19. The van der Waals surface area contributed by atoms with Crippen LogP contribution in [-0.4, -0.2) is 28.7 Å². The minimum Gasteiger partial charge on any atom is -0.392 e. The highest BCUT2D eigenvalue weighted by atomic mass is 16.5. The molecule has 0 atom stereocenters. The summed E-state index contributed by atoms with van der Waals surface area (Å²) in [7, 11) is 0. The molecule has 0 fully saturated rings. The van der Waals surface area contributed by atoms with Gasteiger partial charge in [0.05, 0.1) is 6.61 Å². The van der Waals surface area contributed by atoms with E-state index in [2.05, 4.69) is 5.32 Å². The largest absolute Gasteiger partial charge is 0.392 e. The number of carbonyl (C=O) groups excluding carboxylic acids is 2. The van der Waals surface area contributed by atoms with E-state index in [1.807, 2.05) is 30.3 Å². The van der Waals surface area contributed by atoms with Crippen molar-refractivity contribution in [3.63, 3.8) is 0 Å². The van der Waals surface area contributed by atoms with Crippen molar-refractivity contribution in [3.8, 4) is 0 Å². The van der Waals surface area contributed by atoms with E-state index < -0.39 is 5.91 Å². The Bertz CT molecular complexity index is 582. The summed E-state index contributed by atoms with van der Waals surface area (Å²) in [5.41, 5.74) is 3.38. The average molecular weight is 332 g/mol. The van der Waals surface area contributed by atoms with Crippen LogP contribution >= 0.6 is 0 Å². The quantitative estimate of drug-likeness (QED) is 0.173. The highest BCUT2D eigenvalue weighted by Gasteiger charge is 1.98. The topological polar surface area (TPSA) is 98.7 Å². The first-order valence-corrected chi connectivity index (χ1v) is 7.91. The van der Waals surface area contributed by atoms with Gasteiger partial charge in [0.2, 0.25) is 11.8 Å². The second-order valence-corrected chi connectivity index (χ2v) is 5.26. The minimum absolute atomic E-state index is 0.00456. The van der Waals surface area contributed by atoms with Gasteiger partial charge in [0.25, 0.3) is 0 Å². The van der Waals surface area contributed by atoms with Gasteiger partial charge in [-0.3, -0.25) is 14.8 Å². The molecule has 0 saturated heterocycles. The highest BCUT2D eigenvalue weighted by Crippen LogP contribution is 2.07. The zero-order valence-electron chi connectivity index (χ0n) is 13.6. The third kappa shape index (κ3) is 8.87. The molecular weight excluding hydrogens is 308 g/mol. The normalized spacial score (nSPS) is 11.1. The Kier molecular flexibility index (Phi) is 9.84. The number of aliphatic hydroxyl groups excluding tert-OH is 1. The summed E-state index contributed by atoms with van der Waals surface area (Å²) in [6, 6.07) is 7.50. The van der Waals surface area contributed by atoms with E-state index in [9.17, 15) is 9.59 Å². The summed E-state index contributed by atoms with van der Waals surface area (Å²) in [6.07, 6.45) is 9.28. The van der Waals surface area contributed by atoms with E-state index in [4.69, 9.17) is 10.3 Å². The SMILES string of the molecule is O=C(C=CC=Cc1cccc(CO)c1)NCCCCCC(=O)NO. The van der Waals surface area contributed by atoms with Crippen molar-refractivity contribution in [2.24, 2.45) is 0 Å². The van der Waals surface area contributed by atoms with Gasteiger partial charge >= 0.3 is 0 Å². The van der Waals surface area contributed by atoms with Crippen molar-refractivity contribution < 1.29 is 19.9 Å². The van der Waals surface area contributed by atoms with Crippen molar-refractivity contribution in [2.45, 2.75) is 32.3 Å². The number of aliphatic hydroxyl groups is 1. The van der Waals surface area contributed by atoms with Gasteiger partial charge in [0, 0.05) is 19.0 Å². The van der Waals surface area contributed by atoms with Crippen LogP contribution in [0.1, 0.15) is 36.8 Å². The summed E-state index contributed by atoms with van der Waals surface area (Å²) in [4.78, 5) is 22.4. The number of nitrogens with one attached hydrogen (secondary N) is 2. The number of unbranched alkanes of at least 4 members (excludes halogenated alkanes) is 2. The molecule has 2 amide bonds. The molecule has 0 radical (unpaired) electrons. The lowest BCUT2D eigenvalue weighted by Gasteiger charge is -2.02. The Morgan fingerprint density at radius 3 is 2.71 bits per heavy atom. The van der Waals surface area contributed by atoms with Crippen LogP contribution in [0.15, 0.2) is 42.5 Å². The lowest BCUT2D eigenvalue weighted by molar-refractivity contribution is -0.129. The zero-order chi connectivity index (χ0) is 17.6. The molecule has 0 heterocycles. The third-order valence-corrected chi connectivity index (χ3v) is 3.29. The Morgan fingerprint density at radius 1 is 1.12 bits per heavy atom. The predicted molar refractivity (Wildman–Crippen MR) is 91.9 cm³/mol. The fourth-order valence-corrected chi connectivity index (χ4v) is 2.02. The van der Waals surface area contributed by atoms with Gasteiger partial charge in [-0.05, 0) is 30.0 Å². The molecule has 0 aliphatic rings. The maximum Gasteiger partial charge on any atom is 0.243 e. The van der Waals surface area contributed by atoms with Crippen LogP contribution in [0.5, 0.6) is 0 Å². The number of hydrogen-bond donors (Lipinski definition) is 4. The molecule has 24 heavy (non-hydrogen) atoms. The molecule has 6 nitrogen and oxygen atoms in total. The summed E-state index contributed by atoms with van der Waals surface area (Å²) in [5.74, 6) is -0.560. The van der Waals surface area contributed by atoms with E-state index in [-0.39, 0.29) is 18.9 Å². The molecule has 4 N–H and O–H groups in total. The van der Waals surface area contributed by atoms with Gasteiger partial charge in [-0.25, -0.2) is 5.48 Å². The first kappa shape index (κ1) is 19.6. The van der Waals surface area contributed by atoms with Crippen LogP contribution in [0.3, 0.4) is 0 Å². The molecule has 0 unspecified atom stereocenters.